The molecule has 0 saturated heterocycles. The molecule has 0 radical (unpaired) electrons. The molecule has 0 aliphatic heterocycles. The quantitative estimate of drug-likeness (QED) is 0.852. The normalized spacial score (nSPS) is 12.2. The van der Waals surface area contributed by atoms with E-state index in [4.69, 9.17) is 5.26 Å². The van der Waals surface area contributed by atoms with E-state index in [0.717, 1.165) is 23.7 Å². The van der Waals surface area contributed by atoms with Crippen LogP contribution in [0.25, 0.3) is 0 Å². The molecule has 0 saturated carbocycles. The number of rotatable bonds is 5. The second-order valence-electron chi connectivity index (χ2n) is 3.69. The van der Waals surface area contributed by atoms with Crippen molar-refractivity contribution in [1.29, 1.82) is 5.26 Å². The first-order chi connectivity index (χ1) is 8.33. The number of thiophene rings is 1. The van der Waals surface area contributed by atoms with Crippen LogP contribution < -0.4 is 5.32 Å². The zero-order valence-corrected chi connectivity index (χ0v) is 10.4. The fraction of sp³-hybridized carbons (Fsp3) is 0.333. The molecule has 17 heavy (non-hydrogen) atoms. The van der Waals surface area contributed by atoms with E-state index in [0.29, 0.717) is 0 Å². The number of hydrogen-bond donors (Lipinski definition) is 2. The standard InChI is InChI=1S/C12H14N4S/c1-2-11(12-14-5-6-15-12)16-8-10-4-3-9(7-13)17-10/h3-6,11,16H,2,8H2,1H3,(H,14,15). The Morgan fingerprint density at radius 3 is 3.06 bits per heavy atom. The molecule has 0 spiro atoms. The lowest BCUT2D eigenvalue weighted by atomic mass is 10.2. The molecule has 1 unspecified atom stereocenters. The van der Waals surface area contributed by atoms with Crippen LogP contribution >= 0.6 is 11.3 Å². The maximum atomic E-state index is 8.75. The van der Waals surface area contributed by atoms with Gasteiger partial charge in [-0.3, -0.25) is 0 Å². The molecule has 0 aromatic carbocycles. The number of aromatic amines is 1. The van der Waals surface area contributed by atoms with Crippen LogP contribution in [0.5, 0.6) is 0 Å². The summed E-state index contributed by atoms with van der Waals surface area (Å²) in [4.78, 5) is 9.30. The van der Waals surface area contributed by atoms with Crippen molar-refractivity contribution in [3.8, 4) is 6.07 Å². The van der Waals surface area contributed by atoms with Crippen LogP contribution in [0.3, 0.4) is 0 Å². The van der Waals surface area contributed by atoms with Crippen LogP contribution in [0.2, 0.25) is 0 Å². The highest BCUT2D eigenvalue weighted by Gasteiger charge is 2.11. The molecule has 2 aromatic rings. The fourth-order valence-corrected chi connectivity index (χ4v) is 2.41. The van der Waals surface area contributed by atoms with Gasteiger partial charge in [0.1, 0.15) is 16.8 Å². The molecular weight excluding hydrogens is 232 g/mol. The van der Waals surface area contributed by atoms with Crippen molar-refractivity contribution in [2.24, 2.45) is 0 Å². The minimum Gasteiger partial charge on any atom is -0.347 e. The van der Waals surface area contributed by atoms with Crippen molar-refractivity contribution in [2.45, 2.75) is 25.9 Å². The largest absolute Gasteiger partial charge is 0.347 e. The van der Waals surface area contributed by atoms with Gasteiger partial charge >= 0.3 is 0 Å². The molecule has 88 valence electrons. The fourth-order valence-electron chi connectivity index (χ4n) is 1.66. The van der Waals surface area contributed by atoms with Gasteiger partial charge in [0.2, 0.25) is 0 Å². The SMILES string of the molecule is CCC(NCc1ccc(C#N)s1)c1ncc[nH]1. The van der Waals surface area contributed by atoms with Gasteiger partial charge in [0.15, 0.2) is 0 Å². The lowest BCUT2D eigenvalue weighted by molar-refractivity contribution is 0.500. The second-order valence-corrected chi connectivity index (χ2v) is 4.86. The van der Waals surface area contributed by atoms with Crippen LogP contribution in [-0.4, -0.2) is 9.97 Å². The molecule has 2 heterocycles. The van der Waals surface area contributed by atoms with E-state index in [2.05, 4.69) is 28.3 Å². The molecule has 5 heteroatoms. The van der Waals surface area contributed by atoms with Crippen molar-refractivity contribution >= 4 is 11.3 Å². The molecule has 1 atom stereocenters. The number of aromatic nitrogens is 2. The predicted molar refractivity (Wildman–Crippen MR) is 67.5 cm³/mol. The maximum Gasteiger partial charge on any atom is 0.123 e. The molecule has 0 aliphatic rings. The Hall–Kier alpha value is -1.64. The lowest BCUT2D eigenvalue weighted by Crippen LogP contribution is -2.20. The number of nitrogens with zero attached hydrogens (tertiary/aromatic N) is 2. The van der Waals surface area contributed by atoms with Gasteiger partial charge in [-0.25, -0.2) is 4.98 Å². The van der Waals surface area contributed by atoms with Gasteiger partial charge in [0, 0.05) is 23.8 Å². The van der Waals surface area contributed by atoms with Gasteiger partial charge in [0.25, 0.3) is 0 Å². The summed E-state index contributed by atoms with van der Waals surface area (Å²) in [7, 11) is 0. The van der Waals surface area contributed by atoms with E-state index >= 15 is 0 Å². The molecule has 2 N–H and O–H groups in total. The summed E-state index contributed by atoms with van der Waals surface area (Å²) in [5.41, 5.74) is 0. The molecule has 0 bridgehead atoms. The van der Waals surface area contributed by atoms with Gasteiger partial charge in [-0.05, 0) is 18.6 Å². The van der Waals surface area contributed by atoms with Gasteiger partial charge in [0.05, 0.1) is 6.04 Å². The van der Waals surface area contributed by atoms with E-state index < -0.39 is 0 Å². The van der Waals surface area contributed by atoms with Crippen molar-refractivity contribution in [1.82, 2.24) is 15.3 Å². The molecule has 4 nitrogen and oxygen atoms in total. The summed E-state index contributed by atoms with van der Waals surface area (Å²) in [5, 5.41) is 12.2. The van der Waals surface area contributed by atoms with Crippen molar-refractivity contribution in [3.05, 3.63) is 40.1 Å². The van der Waals surface area contributed by atoms with Crippen LogP contribution in [0, 0.1) is 11.3 Å². The number of imidazole rings is 1. The first kappa shape index (κ1) is 11.8. The van der Waals surface area contributed by atoms with Crippen molar-refractivity contribution < 1.29 is 0 Å². The highest BCUT2D eigenvalue weighted by Crippen LogP contribution is 2.17. The third kappa shape index (κ3) is 2.93. The Morgan fingerprint density at radius 2 is 2.47 bits per heavy atom. The maximum absolute atomic E-state index is 8.75. The smallest absolute Gasteiger partial charge is 0.123 e. The Kier molecular flexibility index (Phi) is 3.91. The second kappa shape index (κ2) is 5.62. The summed E-state index contributed by atoms with van der Waals surface area (Å²) >= 11 is 1.53. The average molecular weight is 246 g/mol. The molecule has 0 aliphatic carbocycles. The summed E-state index contributed by atoms with van der Waals surface area (Å²) < 4.78 is 0. The van der Waals surface area contributed by atoms with E-state index in [1.165, 1.54) is 16.2 Å². The zero-order chi connectivity index (χ0) is 12.1. The Labute approximate surface area is 104 Å². The number of hydrogen-bond acceptors (Lipinski definition) is 4. The third-order valence-electron chi connectivity index (χ3n) is 2.55. The predicted octanol–water partition coefficient (Wildman–Crippen LogP) is 2.58. The van der Waals surface area contributed by atoms with E-state index in [1.807, 2.05) is 18.3 Å². The third-order valence-corrected chi connectivity index (χ3v) is 3.54. The van der Waals surface area contributed by atoms with Crippen LogP contribution in [0.1, 0.15) is 35.0 Å². The van der Waals surface area contributed by atoms with Gasteiger partial charge in [-0.2, -0.15) is 5.26 Å². The Bertz CT molecular complexity index is 495. The molecule has 0 amide bonds. The first-order valence-electron chi connectivity index (χ1n) is 5.55. The van der Waals surface area contributed by atoms with Gasteiger partial charge in [-0.1, -0.05) is 6.92 Å². The molecule has 0 fully saturated rings. The summed E-state index contributed by atoms with van der Waals surface area (Å²) in [6, 6.07) is 6.23. The Balaban J connectivity index is 1.95. The van der Waals surface area contributed by atoms with Crippen LogP contribution in [0.4, 0.5) is 0 Å². The Morgan fingerprint density at radius 1 is 1.59 bits per heavy atom. The van der Waals surface area contributed by atoms with Crippen LogP contribution in [0.15, 0.2) is 24.5 Å². The number of nitrogens with one attached hydrogen (secondary N) is 2. The minimum absolute atomic E-state index is 0.234. The number of nitriles is 1. The van der Waals surface area contributed by atoms with Crippen molar-refractivity contribution in [2.75, 3.05) is 0 Å². The monoisotopic (exact) mass is 246 g/mol. The minimum atomic E-state index is 0.234. The van der Waals surface area contributed by atoms with E-state index in [9.17, 15) is 0 Å². The highest BCUT2D eigenvalue weighted by molar-refractivity contribution is 7.12. The van der Waals surface area contributed by atoms with Crippen molar-refractivity contribution in [3.63, 3.8) is 0 Å². The summed E-state index contributed by atoms with van der Waals surface area (Å²) in [5.74, 6) is 0.963. The van der Waals surface area contributed by atoms with E-state index in [1.54, 1.807) is 6.20 Å². The first-order valence-corrected chi connectivity index (χ1v) is 6.36. The average Bonchev–Trinajstić information content (AvgIpc) is 3.00. The molecule has 2 aromatic heterocycles. The summed E-state index contributed by atoms with van der Waals surface area (Å²) in [6.45, 7) is 2.89. The zero-order valence-electron chi connectivity index (χ0n) is 9.60. The van der Waals surface area contributed by atoms with Crippen LogP contribution in [-0.2, 0) is 6.54 Å². The topological polar surface area (TPSA) is 64.5 Å². The molecule has 2 rings (SSSR count). The molecular formula is C12H14N4S. The highest BCUT2D eigenvalue weighted by atomic mass is 32.1. The van der Waals surface area contributed by atoms with E-state index in [-0.39, 0.29) is 6.04 Å². The number of H-pyrrole nitrogens is 1. The van der Waals surface area contributed by atoms with Gasteiger partial charge in [-0.15, -0.1) is 11.3 Å². The van der Waals surface area contributed by atoms with Gasteiger partial charge < -0.3 is 10.3 Å². The summed E-state index contributed by atoms with van der Waals surface area (Å²) in [6.07, 6.45) is 4.57. The lowest BCUT2D eigenvalue weighted by Gasteiger charge is -2.13.